The Morgan fingerprint density at radius 1 is 1.13 bits per heavy atom. The van der Waals surface area contributed by atoms with Gasteiger partial charge in [-0.15, -0.1) is 0 Å². The van der Waals surface area contributed by atoms with E-state index >= 15 is 0 Å². The lowest BCUT2D eigenvalue weighted by Gasteiger charge is -2.28. The fourth-order valence-electron chi connectivity index (χ4n) is 3.35. The summed E-state index contributed by atoms with van der Waals surface area (Å²) in [5.41, 5.74) is 0. The molecule has 0 amide bonds. The Hall–Kier alpha value is -0.550. The third kappa shape index (κ3) is 2.52. The lowest BCUT2D eigenvalue weighted by Crippen LogP contribution is -2.37. The number of hydrogen-bond acceptors (Lipinski definition) is 2. The third-order valence-corrected chi connectivity index (χ3v) is 4.23. The van der Waals surface area contributed by atoms with Crippen LogP contribution in [0.2, 0.25) is 0 Å². The smallest absolute Gasteiger partial charge is 0.0672 e. The molecule has 0 N–H and O–H groups in total. The largest absolute Gasteiger partial charge is 0.302 e. The molecule has 2 aliphatic carbocycles. The minimum absolute atomic E-state index is 0.302. The Bertz CT molecular complexity index is 237. The third-order valence-electron chi connectivity index (χ3n) is 4.23. The van der Waals surface area contributed by atoms with Crippen molar-refractivity contribution in [3.63, 3.8) is 0 Å². The van der Waals surface area contributed by atoms with E-state index in [4.69, 9.17) is 5.26 Å². The molecule has 0 radical (unpaired) electrons. The zero-order valence-electron chi connectivity index (χ0n) is 9.78. The van der Waals surface area contributed by atoms with Crippen molar-refractivity contribution >= 4 is 0 Å². The van der Waals surface area contributed by atoms with Gasteiger partial charge in [0.1, 0.15) is 0 Å². The van der Waals surface area contributed by atoms with E-state index in [0.717, 1.165) is 12.3 Å². The van der Waals surface area contributed by atoms with Crippen molar-refractivity contribution in [2.75, 3.05) is 13.6 Å². The normalized spacial score (nSPS) is 32.3. The van der Waals surface area contributed by atoms with Crippen LogP contribution in [0.1, 0.15) is 44.9 Å². The summed E-state index contributed by atoms with van der Waals surface area (Å²) in [4.78, 5) is 2.47. The zero-order chi connectivity index (χ0) is 10.7. The van der Waals surface area contributed by atoms with Gasteiger partial charge in [0, 0.05) is 12.6 Å². The number of hydrogen-bond donors (Lipinski definition) is 0. The zero-order valence-corrected chi connectivity index (χ0v) is 9.78. The first kappa shape index (κ1) is 11.0. The summed E-state index contributed by atoms with van der Waals surface area (Å²) >= 11 is 0. The summed E-state index contributed by atoms with van der Waals surface area (Å²) in [7, 11) is 2.22. The van der Waals surface area contributed by atoms with Gasteiger partial charge in [0.15, 0.2) is 0 Å². The average molecular weight is 206 g/mol. The molecule has 15 heavy (non-hydrogen) atoms. The molecule has 2 aliphatic rings. The molecule has 0 aromatic carbocycles. The molecule has 84 valence electrons. The lowest BCUT2D eigenvalue weighted by atomic mass is 10.0. The lowest BCUT2D eigenvalue weighted by molar-refractivity contribution is 0.189. The highest BCUT2D eigenvalue weighted by atomic mass is 15.1. The van der Waals surface area contributed by atoms with Crippen molar-refractivity contribution in [3.8, 4) is 6.07 Å². The fourth-order valence-corrected chi connectivity index (χ4v) is 3.35. The van der Waals surface area contributed by atoms with E-state index < -0.39 is 0 Å². The van der Waals surface area contributed by atoms with Crippen molar-refractivity contribution in [1.82, 2.24) is 4.90 Å². The molecule has 2 atom stereocenters. The highest BCUT2D eigenvalue weighted by Gasteiger charge is 2.31. The molecule has 0 spiro atoms. The summed E-state index contributed by atoms with van der Waals surface area (Å²) in [5.74, 6) is 1.21. The highest BCUT2D eigenvalue weighted by Crippen LogP contribution is 2.31. The summed E-state index contributed by atoms with van der Waals surface area (Å²) in [6.45, 7) is 1.23. The molecular formula is C13H22N2. The summed E-state index contributed by atoms with van der Waals surface area (Å²) in [6, 6.07) is 3.03. The van der Waals surface area contributed by atoms with Gasteiger partial charge >= 0.3 is 0 Å². The van der Waals surface area contributed by atoms with E-state index in [-0.39, 0.29) is 0 Å². The van der Waals surface area contributed by atoms with Crippen LogP contribution >= 0.6 is 0 Å². The Morgan fingerprint density at radius 2 is 1.87 bits per heavy atom. The summed E-state index contributed by atoms with van der Waals surface area (Å²) in [5, 5.41) is 9.07. The molecule has 0 aromatic rings. The number of nitrogens with zero attached hydrogens (tertiary/aromatic N) is 2. The van der Waals surface area contributed by atoms with Crippen molar-refractivity contribution < 1.29 is 0 Å². The van der Waals surface area contributed by atoms with Crippen LogP contribution in [0.15, 0.2) is 0 Å². The van der Waals surface area contributed by atoms with Crippen LogP contribution in [0.5, 0.6) is 0 Å². The predicted molar refractivity (Wildman–Crippen MR) is 61.3 cm³/mol. The van der Waals surface area contributed by atoms with E-state index in [2.05, 4.69) is 18.0 Å². The first-order valence-electron chi connectivity index (χ1n) is 6.41. The minimum Gasteiger partial charge on any atom is -0.302 e. The molecule has 0 bridgehead atoms. The minimum atomic E-state index is 0.302. The average Bonchev–Trinajstić information content (AvgIpc) is 2.86. The Kier molecular flexibility index (Phi) is 3.64. The summed E-state index contributed by atoms with van der Waals surface area (Å²) < 4.78 is 0. The number of nitriles is 1. The monoisotopic (exact) mass is 206 g/mol. The maximum Gasteiger partial charge on any atom is 0.0672 e. The van der Waals surface area contributed by atoms with Gasteiger partial charge < -0.3 is 4.90 Å². The van der Waals surface area contributed by atoms with E-state index in [1.54, 1.807) is 0 Å². The van der Waals surface area contributed by atoms with Crippen LogP contribution in [0.3, 0.4) is 0 Å². The molecule has 0 saturated heterocycles. The van der Waals surface area contributed by atoms with E-state index in [1.807, 2.05) is 0 Å². The SMILES string of the molecule is CN(CC1CCCC1)C1CCCC1C#N. The van der Waals surface area contributed by atoms with Crippen molar-refractivity contribution in [3.05, 3.63) is 0 Å². The molecule has 2 fully saturated rings. The van der Waals surface area contributed by atoms with E-state index in [1.165, 1.54) is 45.1 Å². The van der Waals surface area contributed by atoms with Crippen LogP contribution in [0.4, 0.5) is 0 Å². The van der Waals surface area contributed by atoms with Crippen LogP contribution in [-0.4, -0.2) is 24.5 Å². The molecule has 2 heteroatoms. The first-order chi connectivity index (χ1) is 7.31. The molecule has 0 aromatic heterocycles. The van der Waals surface area contributed by atoms with Crippen LogP contribution in [0, 0.1) is 23.2 Å². The van der Waals surface area contributed by atoms with Gasteiger partial charge in [-0.1, -0.05) is 19.3 Å². The van der Waals surface area contributed by atoms with Crippen LogP contribution in [0.25, 0.3) is 0 Å². The summed E-state index contributed by atoms with van der Waals surface area (Å²) in [6.07, 6.45) is 9.27. The molecule has 2 unspecified atom stereocenters. The Morgan fingerprint density at radius 3 is 2.53 bits per heavy atom. The molecule has 2 saturated carbocycles. The molecule has 2 nitrogen and oxygen atoms in total. The Balaban J connectivity index is 1.84. The van der Waals surface area contributed by atoms with Crippen LogP contribution in [-0.2, 0) is 0 Å². The quantitative estimate of drug-likeness (QED) is 0.710. The van der Waals surface area contributed by atoms with Gasteiger partial charge in [-0.05, 0) is 38.6 Å². The van der Waals surface area contributed by atoms with Crippen molar-refractivity contribution in [2.45, 2.75) is 51.0 Å². The van der Waals surface area contributed by atoms with E-state index in [9.17, 15) is 0 Å². The van der Waals surface area contributed by atoms with Gasteiger partial charge in [0.25, 0.3) is 0 Å². The van der Waals surface area contributed by atoms with Gasteiger partial charge in [-0.25, -0.2) is 0 Å². The van der Waals surface area contributed by atoms with Gasteiger partial charge in [0.2, 0.25) is 0 Å². The second kappa shape index (κ2) is 4.99. The second-order valence-corrected chi connectivity index (χ2v) is 5.32. The standard InChI is InChI=1S/C13H22N2/c1-15(10-11-5-2-3-6-11)13-8-4-7-12(13)9-14/h11-13H,2-8,10H2,1H3. The Labute approximate surface area is 93.3 Å². The van der Waals surface area contributed by atoms with Gasteiger partial charge in [0.05, 0.1) is 12.0 Å². The molecular weight excluding hydrogens is 184 g/mol. The molecule has 0 aliphatic heterocycles. The van der Waals surface area contributed by atoms with E-state index in [0.29, 0.717) is 12.0 Å². The predicted octanol–water partition coefficient (Wildman–Crippen LogP) is 2.80. The van der Waals surface area contributed by atoms with Crippen molar-refractivity contribution in [2.24, 2.45) is 11.8 Å². The topological polar surface area (TPSA) is 27.0 Å². The highest BCUT2D eigenvalue weighted by molar-refractivity contribution is 4.97. The maximum atomic E-state index is 9.07. The number of rotatable bonds is 3. The second-order valence-electron chi connectivity index (χ2n) is 5.32. The van der Waals surface area contributed by atoms with Gasteiger partial charge in [-0.3, -0.25) is 0 Å². The van der Waals surface area contributed by atoms with Gasteiger partial charge in [-0.2, -0.15) is 5.26 Å². The van der Waals surface area contributed by atoms with Crippen LogP contribution < -0.4 is 0 Å². The molecule has 2 rings (SSSR count). The maximum absolute atomic E-state index is 9.07. The van der Waals surface area contributed by atoms with Crippen molar-refractivity contribution in [1.29, 1.82) is 5.26 Å². The molecule has 0 heterocycles. The fraction of sp³-hybridized carbons (Fsp3) is 0.923. The first-order valence-corrected chi connectivity index (χ1v) is 6.41.